The molecule has 29 heavy (non-hydrogen) atoms. The van der Waals surface area contributed by atoms with Gasteiger partial charge in [-0.15, -0.1) is 0 Å². The second-order valence-electron chi connectivity index (χ2n) is 6.16. The number of carbonyl (C=O) groups is 1. The molecule has 0 aliphatic rings. The Hall–Kier alpha value is -2.90. The molecule has 1 aromatic heterocycles. The van der Waals surface area contributed by atoms with Crippen LogP contribution in [-0.4, -0.2) is 22.7 Å². The van der Waals surface area contributed by atoms with Crippen molar-refractivity contribution in [2.75, 3.05) is 6.61 Å². The topological polar surface area (TPSA) is 77.2 Å². The number of hydrogen-bond donors (Lipinski definition) is 1. The maximum atomic E-state index is 12.1. The fourth-order valence-corrected chi connectivity index (χ4v) is 3.60. The van der Waals surface area contributed by atoms with Crippen LogP contribution >= 0.6 is 27.5 Å². The van der Waals surface area contributed by atoms with Gasteiger partial charge >= 0.3 is 0 Å². The third-order valence-electron chi connectivity index (χ3n) is 4.21. The first-order valence-corrected chi connectivity index (χ1v) is 9.93. The minimum absolute atomic E-state index is 0.0958. The van der Waals surface area contributed by atoms with Crippen LogP contribution in [0.2, 0.25) is 5.02 Å². The predicted octanol–water partition coefficient (Wildman–Crippen LogP) is 5.00. The number of halogens is 2. The van der Waals surface area contributed by atoms with Gasteiger partial charge in [-0.25, -0.2) is 0 Å². The number of nitrogens with one attached hydrogen (secondary N) is 1. The van der Waals surface area contributed by atoms with Crippen molar-refractivity contribution in [3.05, 3.63) is 76.0 Å². The van der Waals surface area contributed by atoms with Crippen LogP contribution in [0.1, 0.15) is 5.89 Å². The van der Waals surface area contributed by atoms with Crippen molar-refractivity contribution in [1.82, 2.24) is 15.5 Å². The van der Waals surface area contributed by atoms with Crippen LogP contribution in [0.25, 0.3) is 22.2 Å². The van der Waals surface area contributed by atoms with Gasteiger partial charge in [0.2, 0.25) is 11.7 Å². The number of ether oxygens (including phenoxy) is 1. The third kappa shape index (κ3) is 4.41. The van der Waals surface area contributed by atoms with Gasteiger partial charge in [-0.2, -0.15) is 4.98 Å². The van der Waals surface area contributed by atoms with Gasteiger partial charge < -0.3 is 14.6 Å². The molecule has 6 nitrogen and oxygen atoms in total. The van der Waals surface area contributed by atoms with Gasteiger partial charge in [0, 0.05) is 5.56 Å². The van der Waals surface area contributed by atoms with Crippen LogP contribution < -0.4 is 10.1 Å². The quantitative estimate of drug-likeness (QED) is 0.427. The molecule has 3 aromatic carbocycles. The van der Waals surface area contributed by atoms with Gasteiger partial charge in [0.1, 0.15) is 5.75 Å². The van der Waals surface area contributed by atoms with Gasteiger partial charge in [0.15, 0.2) is 6.61 Å². The number of carbonyl (C=O) groups excluding carboxylic acids is 1. The lowest BCUT2D eigenvalue weighted by molar-refractivity contribution is -0.123. The standard InChI is InChI=1S/C21H15BrClN3O3/c22-20-14-6-2-1-5-13(14)9-10-17(20)28-12-18(27)24-11-19-25-21(26-29-19)15-7-3-4-8-16(15)23/h1-10H,11-12H2,(H,24,27). The van der Waals surface area contributed by atoms with Crippen LogP contribution in [0.15, 0.2) is 69.7 Å². The molecular formula is C21H15BrClN3O3. The van der Waals surface area contributed by atoms with Crippen LogP contribution in [0, 0.1) is 0 Å². The Balaban J connectivity index is 1.34. The first-order chi connectivity index (χ1) is 14.1. The van der Waals surface area contributed by atoms with E-state index >= 15 is 0 Å². The normalized spacial score (nSPS) is 10.8. The molecule has 1 amide bonds. The fraction of sp³-hybridized carbons (Fsp3) is 0.0952. The lowest BCUT2D eigenvalue weighted by Gasteiger charge is -2.10. The maximum Gasteiger partial charge on any atom is 0.258 e. The van der Waals surface area contributed by atoms with E-state index in [2.05, 4.69) is 31.4 Å². The van der Waals surface area contributed by atoms with Gasteiger partial charge in [-0.1, -0.05) is 59.2 Å². The predicted molar refractivity (Wildman–Crippen MR) is 114 cm³/mol. The van der Waals surface area contributed by atoms with Crippen molar-refractivity contribution in [2.24, 2.45) is 0 Å². The molecule has 0 aliphatic carbocycles. The molecule has 0 saturated carbocycles. The molecular weight excluding hydrogens is 458 g/mol. The summed E-state index contributed by atoms with van der Waals surface area (Å²) in [6.45, 7) is -0.0407. The Morgan fingerprint density at radius 2 is 1.90 bits per heavy atom. The average Bonchev–Trinajstić information content (AvgIpc) is 3.21. The molecule has 0 bridgehead atoms. The van der Waals surface area contributed by atoms with E-state index in [9.17, 15) is 4.79 Å². The van der Waals surface area contributed by atoms with Gasteiger partial charge in [-0.05, 0) is 44.9 Å². The first-order valence-electron chi connectivity index (χ1n) is 8.76. The third-order valence-corrected chi connectivity index (χ3v) is 5.35. The number of aromatic nitrogens is 2. The highest BCUT2D eigenvalue weighted by molar-refractivity contribution is 9.10. The number of rotatable bonds is 6. The average molecular weight is 473 g/mol. The molecule has 0 radical (unpaired) electrons. The van der Waals surface area contributed by atoms with E-state index in [-0.39, 0.29) is 24.9 Å². The van der Waals surface area contributed by atoms with Crippen LogP contribution in [-0.2, 0) is 11.3 Å². The molecule has 1 N–H and O–H groups in total. The van der Waals surface area contributed by atoms with Crippen molar-refractivity contribution < 1.29 is 14.1 Å². The Kier molecular flexibility index (Phi) is 5.78. The summed E-state index contributed by atoms with van der Waals surface area (Å²) in [4.78, 5) is 16.4. The van der Waals surface area contributed by atoms with E-state index < -0.39 is 0 Å². The minimum atomic E-state index is -0.303. The largest absolute Gasteiger partial charge is 0.483 e. The second-order valence-corrected chi connectivity index (χ2v) is 7.36. The summed E-state index contributed by atoms with van der Waals surface area (Å²) in [5.41, 5.74) is 0.667. The zero-order valence-corrected chi connectivity index (χ0v) is 17.4. The summed E-state index contributed by atoms with van der Waals surface area (Å²) < 4.78 is 11.6. The summed E-state index contributed by atoms with van der Waals surface area (Å²) in [5, 5.41) is 9.23. The monoisotopic (exact) mass is 471 g/mol. The highest BCUT2D eigenvalue weighted by Crippen LogP contribution is 2.33. The SMILES string of the molecule is O=C(COc1ccc2ccccc2c1Br)NCc1nc(-c2ccccc2Cl)no1. The summed E-state index contributed by atoms with van der Waals surface area (Å²) in [6.07, 6.45) is 0. The Labute approximate surface area is 180 Å². The highest BCUT2D eigenvalue weighted by atomic mass is 79.9. The number of fused-ring (bicyclic) bond motifs is 1. The Bertz CT molecular complexity index is 1180. The van der Waals surface area contributed by atoms with Crippen molar-refractivity contribution in [3.8, 4) is 17.1 Å². The molecule has 146 valence electrons. The number of amides is 1. The first kappa shape index (κ1) is 19.4. The van der Waals surface area contributed by atoms with Gasteiger partial charge in [-0.3, -0.25) is 4.79 Å². The zero-order chi connectivity index (χ0) is 20.2. The number of hydrogen-bond acceptors (Lipinski definition) is 5. The van der Waals surface area contributed by atoms with Gasteiger partial charge in [0.25, 0.3) is 5.91 Å². The summed E-state index contributed by atoms with van der Waals surface area (Å²) >= 11 is 9.67. The van der Waals surface area contributed by atoms with Gasteiger partial charge in [0.05, 0.1) is 16.0 Å². The van der Waals surface area contributed by atoms with E-state index in [1.807, 2.05) is 48.5 Å². The maximum absolute atomic E-state index is 12.1. The van der Waals surface area contributed by atoms with E-state index in [0.717, 1.165) is 15.2 Å². The number of benzene rings is 3. The Morgan fingerprint density at radius 3 is 2.76 bits per heavy atom. The fourth-order valence-electron chi connectivity index (χ4n) is 2.77. The molecule has 0 spiro atoms. The molecule has 0 saturated heterocycles. The van der Waals surface area contributed by atoms with E-state index in [1.54, 1.807) is 12.1 Å². The number of nitrogens with zero attached hydrogens (tertiary/aromatic N) is 2. The van der Waals surface area contributed by atoms with Crippen molar-refractivity contribution in [1.29, 1.82) is 0 Å². The molecule has 0 aliphatic heterocycles. The summed E-state index contributed by atoms with van der Waals surface area (Å²) in [6, 6.07) is 18.9. The van der Waals surface area contributed by atoms with E-state index in [0.29, 0.717) is 22.2 Å². The Morgan fingerprint density at radius 1 is 1.10 bits per heavy atom. The summed E-state index contributed by atoms with van der Waals surface area (Å²) in [5.74, 6) is 0.941. The highest BCUT2D eigenvalue weighted by Gasteiger charge is 2.13. The van der Waals surface area contributed by atoms with Crippen molar-refractivity contribution in [3.63, 3.8) is 0 Å². The van der Waals surface area contributed by atoms with Crippen molar-refractivity contribution in [2.45, 2.75) is 6.54 Å². The molecule has 4 aromatic rings. The lowest BCUT2D eigenvalue weighted by atomic mass is 10.1. The van der Waals surface area contributed by atoms with E-state index in [4.69, 9.17) is 20.9 Å². The zero-order valence-electron chi connectivity index (χ0n) is 15.1. The van der Waals surface area contributed by atoms with E-state index in [1.165, 1.54) is 0 Å². The smallest absolute Gasteiger partial charge is 0.258 e. The van der Waals surface area contributed by atoms with Crippen LogP contribution in [0.3, 0.4) is 0 Å². The molecule has 0 unspecified atom stereocenters. The molecule has 8 heteroatoms. The molecule has 0 fully saturated rings. The molecule has 4 rings (SSSR count). The molecule has 1 heterocycles. The lowest BCUT2D eigenvalue weighted by Crippen LogP contribution is -2.28. The minimum Gasteiger partial charge on any atom is -0.483 e. The van der Waals surface area contributed by atoms with Crippen LogP contribution in [0.4, 0.5) is 0 Å². The summed E-state index contributed by atoms with van der Waals surface area (Å²) in [7, 11) is 0. The molecule has 0 atom stereocenters. The van der Waals surface area contributed by atoms with Crippen LogP contribution in [0.5, 0.6) is 5.75 Å². The van der Waals surface area contributed by atoms with Crippen molar-refractivity contribution >= 4 is 44.2 Å². The second kappa shape index (κ2) is 8.63.